The molecule has 0 radical (unpaired) electrons. The van der Waals surface area contributed by atoms with Crippen molar-refractivity contribution >= 4 is 17.4 Å². The van der Waals surface area contributed by atoms with Crippen molar-refractivity contribution in [2.24, 2.45) is 5.92 Å². The van der Waals surface area contributed by atoms with Crippen LogP contribution in [0.4, 0.5) is 16.2 Å². The largest absolute Gasteiger partial charge is 0.399 e. The van der Waals surface area contributed by atoms with Crippen molar-refractivity contribution in [1.82, 2.24) is 5.32 Å². The Kier molecular flexibility index (Phi) is 2.96. The SMILES string of the molecule is CC(C)(NC(=O)Nc1ccc(N)cc1)C1CC1. The average molecular weight is 233 g/mol. The van der Waals surface area contributed by atoms with Crippen LogP contribution in [0, 0.1) is 5.92 Å². The van der Waals surface area contributed by atoms with Gasteiger partial charge < -0.3 is 16.4 Å². The van der Waals surface area contributed by atoms with Gasteiger partial charge in [-0.15, -0.1) is 0 Å². The molecule has 2 rings (SSSR count). The Morgan fingerprint density at radius 2 is 1.88 bits per heavy atom. The Morgan fingerprint density at radius 1 is 1.29 bits per heavy atom. The lowest BCUT2D eigenvalue weighted by atomic mass is 9.99. The molecule has 4 nitrogen and oxygen atoms in total. The third-order valence-corrected chi connectivity index (χ3v) is 3.20. The summed E-state index contributed by atoms with van der Waals surface area (Å²) < 4.78 is 0. The van der Waals surface area contributed by atoms with E-state index in [0.717, 1.165) is 5.69 Å². The highest BCUT2D eigenvalue weighted by Gasteiger charge is 2.38. The number of rotatable bonds is 3. The molecule has 0 unspecified atom stereocenters. The second kappa shape index (κ2) is 4.28. The Labute approximate surface area is 102 Å². The van der Waals surface area contributed by atoms with E-state index in [1.165, 1.54) is 12.8 Å². The van der Waals surface area contributed by atoms with E-state index in [9.17, 15) is 4.79 Å². The van der Waals surface area contributed by atoms with Gasteiger partial charge in [0.2, 0.25) is 0 Å². The Hall–Kier alpha value is -1.71. The van der Waals surface area contributed by atoms with Crippen LogP contribution in [0.5, 0.6) is 0 Å². The zero-order valence-electron chi connectivity index (χ0n) is 10.3. The van der Waals surface area contributed by atoms with Crippen LogP contribution in [-0.2, 0) is 0 Å². The van der Waals surface area contributed by atoms with Gasteiger partial charge in [-0.3, -0.25) is 0 Å². The number of nitrogens with one attached hydrogen (secondary N) is 2. The lowest BCUT2D eigenvalue weighted by Gasteiger charge is -2.26. The van der Waals surface area contributed by atoms with E-state index >= 15 is 0 Å². The first kappa shape index (κ1) is 11.8. The molecular weight excluding hydrogens is 214 g/mol. The number of nitrogen functional groups attached to an aromatic ring is 1. The van der Waals surface area contributed by atoms with Gasteiger partial charge in [0.15, 0.2) is 0 Å². The lowest BCUT2D eigenvalue weighted by molar-refractivity contribution is 0.237. The molecule has 0 saturated heterocycles. The monoisotopic (exact) mass is 233 g/mol. The zero-order valence-corrected chi connectivity index (χ0v) is 10.3. The first-order chi connectivity index (χ1) is 7.97. The van der Waals surface area contributed by atoms with Crippen molar-refractivity contribution in [3.8, 4) is 0 Å². The average Bonchev–Trinajstić information content (AvgIpc) is 3.04. The van der Waals surface area contributed by atoms with Gasteiger partial charge in [-0.2, -0.15) is 0 Å². The van der Waals surface area contributed by atoms with Crippen LogP contribution in [0.2, 0.25) is 0 Å². The van der Waals surface area contributed by atoms with Crippen LogP contribution >= 0.6 is 0 Å². The van der Waals surface area contributed by atoms with Gasteiger partial charge in [0.1, 0.15) is 0 Å². The van der Waals surface area contributed by atoms with Gasteiger partial charge in [0.25, 0.3) is 0 Å². The molecule has 1 saturated carbocycles. The summed E-state index contributed by atoms with van der Waals surface area (Å²) in [6.07, 6.45) is 2.41. The standard InChI is InChI=1S/C13H19N3O/c1-13(2,9-3-4-9)16-12(17)15-11-7-5-10(14)6-8-11/h5-9H,3-4,14H2,1-2H3,(H2,15,16,17). The van der Waals surface area contributed by atoms with E-state index in [2.05, 4.69) is 24.5 Å². The van der Waals surface area contributed by atoms with Crippen LogP contribution in [0.15, 0.2) is 24.3 Å². The van der Waals surface area contributed by atoms with Gasteiger partial charge >= 0.3 is 6.03 Å². The Morgan fingerprint density at radius 3 is 2.41 bits per heavy atom. The summed E-state index contributed by atoms with van der Waals surface area (Å²) in [5.41, 5.74) is 6.89. The van der Waals surface area contributed by atoms with Gasteiger partial charge in [0.05, 0.1) is 0 Å². The number of urea groups is 1. The molecule has 1 fully saturated rings. The van der Waals surface area contributed by atoms with Gasteiger partial charge in [-0.25, -0.2) is 4.79 Å². The second-order valence-electron chi connectivity index (χ2n) is 5.20. The third kappa shape index (κ3) is 3.12. The van der Waals surface area contributed by atoms with E-state index in [-0.39, 0.29) is 11.6 Å². The van der Waals surface area contributed by atoms with Crippen LogP contribution < -0.4 is 16.4 Å². The molecule has 1 aromatic rings. The molecule has 0 aliphatic heterocycles. The highest BCUT2D eigenvalue weighted by atomic mass is 16.2. The van der Waals surface area contributed by atoms with Crippen LogP contribution in [-0.4, -0.2) is 11.6 Å². The van der Waals surface area contributed by atoms with Crippen molar-refractivity contribution in [3.63, 3.8) is 0 Å². The summed E-state index contributed by atoms with van der Waals surface area (Å²) in [7, 11) is 0. The summed E-state index contributed by atoms with van der Waals surface area (Å²) in [6, 6.07) is 6.95. The van der Waals surface area contributed by atoms with E-state index in [1.54, 1.807) is 24.3 Å². The maximum Gasteiger partial charge on any atom is 0.319 e. The number of amides is 2. The molecule has 4 N–H and O–H groups in total. The van der Waals surface area contributed by atoms with Gasteiger partial charge in [0, 0.05) is 16.9 Å². The molecular formula is C13H19N3O. The minimum atomic E-state index is -0.160. The first-order valence-electron chi connectivity index (χ1n) is 5.92. The van der Waals surface area contributed by atoms with Gasteiger partial charge in [-0.05, 0) is 56.9 Å². The Balaban J connectivity index is 1.90. The van der Waals surface area contributed by atoms with Crippen molar-refractivity contribution in [2.45, 2.75) is 32.2 Å². The van der Waals surface area contributed by atoms with E-state index < -0.39 is 0 Å². The zero-order chi connectivity index (χ0) is 12.5. The molecule has 0 atom stereocenters. The number of hydrogen-bond donors (Lipinski definition) is 3. The molecule has 0 spiro atoms. The highest BCUT2D eigenvalue weighted by molar-refractivity contribution is 5.89. The van der Waals surface area contributed by atoms with Crippen molar-refractivity contribution in [3.05, 3.63) is 24.3 Å². The number of carbonyl (C=O) groups excluding carboxylic acids is 1. The van der Waals surface area contributed by atoms with Crippen molar-refractivity contribution in [1.29, 1.82) is 0 Å². The molecule has 17 heavy (non-hydrogen) atoms. The minimum Gasteiger partial charge on any atom is -0.399 e. The molecule has 1 aromatic carbocycles. The minimum absolute atomic E-state index is 0.127. The summed E-state index contributed by atoms with van der Waals surface area (Å²) in [5.74, 6) is 0.611. The molecule has 0 bridgehead atoms. The molecule has 92 valence electrons. The van der Waals surface area contributed by atoms with E-state index in [4.69, 9.17) is 5.73 Å². The highest BCUT2D eigenvalue weighted by Crippen LogP contribution is 2.39. The smallest absolute Gasteiger partial charge is 0.319 e. The predicted molar refractivity (Wildman–Crippen MR) is 69.8 cm³/mol. The quantitative estimate of drug-likeness (QED) is 0.702. The maximum absolute atomic E-state index is 11.8. The third-order valence-electron chi connectivity index (χ3n) is 3.20. The normalized spacial score (nSPS) is 15.4. The Bertz CT molecular complexity index is 407. The number of hydrogen-bond acceptors (Lipinski definition) is 2. The lowest BCUT2D eigenvalue weighted by Crippen LogP contribution is -2.47. The van der Waals surface area contributed by atoms with Crippen molar-refractivity contribution < 1.29 is 4.79 Å². The fraction of sp³-hybridized carbons (Fsp3) is 0.462. The number of benzene rings is 1. The summed E-state index contributed by atoms with van der Waals surface area (Å²) >= 11 is 0. The van der Waals surface area contributed by atoms with Crippen LogP contribution in [0.3, 0.4) is 0 Å². The fourth-order valence-electron chi connectivity index (χ4n) is 1.93. The summed E-state index contributed by atoms with van der Waals surface area (Å²) in [4.78, 5) is 11.8. The topological polar surface area (TPSA) is 67.2 Å². The molecule has 1 aliphatic carbocycles. The molecule has 2 amide bonds. The number of nitrogens with two attached hydrogens (primary N) is 1. The maximum atomic E-state index is 11.8. The van der Waals surface area contributed by atoms with Crippen LogP contribution in [0.25, 0.3) is 0 Å². The summed E-state index contributed by atoms with van der Waals surface area (Å²) in [5, 5.41) is 5.80. The molecule has 4 heteroatoms. The van der Waals surface area contributed by atoms with E-state index in [1.807, 2.05) is 0 Å². The number of carbonyl (C=O) groups is 1. The van der Waals surface area contributed by atoms with Crippen LogP contribution in [0.1, 0.15) is 26.7 Å². The van der Waals surface area contributed by atoms with Crippen molar-refractivity contribution in [2.75, 3.05) is 11.1 Å². The number of anilines is 2. The van der Waals surface area contributed by atoms with E-state index in [0.29, 0.717) is 11.6 Å². The molecule has 0 aromatic heterocycles. The second-order valence-corrected chi connectivity index (χ2v) is 5.20. The molecule has 1 aliphatic rings. The molecule has 0 heterocycles. The predicted octanol–water partition coefficient (Wildman–Crippen LogP) is 2.58. The first-order valence-corrected chi connectivity index (χ1v) is 5.92. The van der Waals surface area contributed by atoms with Gasteiger partial charge in [-0.1, -0.05) is 0 Å². The fourth-order valence-corrected chi connectivity index (χ4v) is 1.93. The summed E-state index contributed by atoms with van der Waals surface area (Å²) in [6.45, 7) is 4.13.